The number of fused-ring (bicyclic) bond motifs is 2. The van der Waals surface area contributed by atoms with Gasteiger partial charge < -0.3 is 19.3 Å². The van der Waals surface area contributed by atoms with Crippen molar-refractivity contribution in [3.63, 3.8) is 0 Å². The summed E-state index contributed by atoms with van der Waals surface area (Å²) in [5.74, 6) is -0.401. The molecule has 0 aromatic carbocycles. The van der Waals surface area contributed by atoms with Gasteiger partial charge >= 0.3 is 11.9 Å². The third-order valence-electron chi connectivity index (χ3n) is 9.71. The molecular formula is C24H36O6. The summed E-state index contributed by atoms with van der Waals surface area (Å²) >= 11 is 0. The maximum Gasteiger partial charge on any atom is 0.311 e. The average Bonchev–Trinajstić information content (AvgIpc) is 3.13. The van der Waals surface area contributed by atoms with E-state index in [0.29, 0.717) is 12.3 Å². The van der Waals surface area contributed by atoms with E-state index in [2.05, 4.69) is 20.8 Å². The third-order valence-corrected chi connectivity index (χ3v) is 9.71. The van der Waals surface area contributed by atoms with Crippen molar-refractivity contribution in [1.82, 2.24) is 0 Å². The van der Waals surface area contributed by atoms with Crippen molar-refractivity contribution in [2.75, 3.05) is 0 Å². The molecule has 0 aromatic heterocycles. The van der Waals surface area contributed by atoms with Crippen LogP contribution in [0.1, 0.15) is 79.1 Å². The highest BCUT2D eigenvalue weighted by Gasteiger charge is 2.78. The number of aliphatic hydroxyl groups is 1. The van der Waals surface area contributed by atoms with Crippen molar-refractivity contribution in [1.29, 1.82) is 0 Å². The quantitative estimate of drug-likeness (QED) is 0.700. The molecule has 6 heteroatoms. The number of carbonyl (C=O) groups excluding carboxylic acids is 2. The number of hydrogen-bond acceptors (Lipinski definition) is 6. The molecule has 2 saturated heterocycles. The molecule has 5 aliphatic rings. The summed E-state index contributed by atoms with van der Waals surface area (Å²) in [6, 6.07) is 0. The van der Waals surface area contributed by atoms with Gasteiger partial charge in [-0.05, 0) is 61.2 Å². The van der Waals surface area contributed by atoms with E-state index < -0.39 is 24.1 Å². The number of rotatable bonds is 3. The lowest BCUT2D eigenvalue weighted by atomic mass is 9.37. The summed E-state index contributed by atoms with van der Waals surface area (Å²) < 4.78 is 17.6. The molecule has 0 aromatic rings. The number of ether oxygens (including phenoxy) is 3. The van der Waals surface area contributed by atoms with E-state index in [1.807, 2.05) is 6.92 Å². The average molecular weight is 421 g/mol. The molecule has 2 heterocycles. The summed E-state index contributed by atoms with van der Waals surface area (Å²) in [5, 5.41) is 11.4. The first-order valence-corrected chi connectivity index (χ1v) is 11.9. The van der Waals surface area contributed by atoms with Crippen LogP contribution in [0.4, 0.5) is 0 Å². The van der Waals surface area contributed by atoms with Gasteiger partial charge in [0.2, 0.25) is 6.29 Å². The fourth-order valence-corrected chi connectivity index (χ4v) is 8.68. The minimum absolute atomic E-state index is 0.0191. The SMILES string of the molecule is CCCC(=O)O[C@@H]1CC2C(C)(C)CCC[C@]2(C)C2CC[C@H]3C(=O)OC4O[C@@H](O)[C@]21[C@H]43. The first-order valence-electron chi connectivity index (χ1n) is 11.9. The van der Waals surface area contributed by atoms with Gasteiger partial charge in [0, 0.05) is 12.3 Å². The predicted octanol–water partition coefficient (Wildman–Crippen LogP) is 3.79. The molecule has 1 N–H and O–H groups in total. The minimum atomic E-state index is -1.07. The molecule has 3 unspecified atom stereocenters. The van der Waals surface area contributed by atoms with Crippen LogP contribution in [0.3, 0.4) is 0 Å². The van der Waals surface area contributed by atoms with Crippen molar-refractivity contribution >= 4 is 11.9 Å². The Balaban J connectivity index is 1.64. The van der Waals surface area contributed by atoms with Gasteiger partial charge in [-0.3, -0.25) is 9.59 Å². The van der Waals surface area contributed by atoms with Crippen LogP contribution in [0.5, 0.6) is 0 Å². The maximum absolute atomic E-state index is 12.7. The van der Waals surface area contributed by atoms with Gasteiger partial charge in [-0.2, -0.15) is 0 Å². The lowest BCUT2D eigenvalue weighted by molar-refractivity contribution is -0.279. The highest BCUT2D eigenvalue weighted by Crippen LogP contribution is 2.73. The Kier molecular flexibility index (Phi) is 4.62. The summed E-state index contributed by atoms with van der Waals surface area (Å²) in [6.07, 6.45) is 4.62. The Hall–Kier alpha value is -1.14. The summed E-state index contributed by atoms with van der Waals surface area (Å²) in [4.78, 5) is 25.3. The molecule has 0 bridgehead atoms. The van der Waals surface area contributed by atoms with Gasteiger partial charge in [0.1, 0.15) is 6.10 Å². The normalized spacial score (nSPS) is 50.8. The third kappa shape index (κ3) is 2.49. The number of esters is 2. The topological polar surface area (TPSA) is 82.1 Å². The van der Waals surface area contributed by atoms with Crippen LogP contribution in [0.2, 0.25) is 0 Å². The van der Waals surface area contributed by atoms with E-state index in [0.717, 1.165) is 44.9 Å². The molecule has 30 heavy (non-hydrogen) atoms. The molecule has 3 aliphatic carbocycles. The highest BCUT2D eigenvalue weighted by atomic mass is 16.8. The second-order valence-electron chi connectivity index (χ2n) is 11.4. The monoisotopic (exact) mass is 420 g/mol. The Morgan fingerprint density at radius 3 is 2.70 bits per heavy atom. The predicted molar refractivity (Wildman–Crippen MR) is 108 cm³/mol. The summed E-state index contributed by atoms with van der Waals surface area (Å²) in [7, 11) is 0. The molecular weight excluding hydrogens is 384 g/mol. The maximum atomic E-state index is 12.7. The van der Waals surface area contributed by atoms with Crippen LogP contribution in [-0.2, 0) is 23.8 Å². The highest BCUT2D eigenvalue weighted by molar-refractivity contribution is 5.76. The van der Waals surface area contributed by atoms with Crippen LogP contribution in [-0.4, -0.2) is 35.7 Å². The smallest absolute Gasteiger partial charge is 0.311 e. The Morgan fingerprint density at radius 1 is 1.20 bits per heavy atom. The summed E-state index contributed by atoms with van der Waals surface area (Å²) in [5.41, 5.74) is -0.597. The lowest BCUT2D eigenvalue weighted by Crippen LogP contribution is -2.68. The van der Waals surface area contributed by atoms with Crippen LogP contribution in [0.15, 0.2) is 0 Å². The van der Waals surface area contributed by atoms with Crippen LogP contribution >= 0.6 is 0 Å². The molecule has 9 atom stereocenters. The Bertz CT molecular complexity index is 748. The van der Waals surface area contributed by atoms with E-state index >= 15 is 0 Å². The largest absolute Gasteiger partial charge is 0.462 e. The van der Waals surface area contributed by atoms with Gasteiger partial charge in [-0.15, -0.1) is 0 Å². The molecule has 0 amide bonds. The van der Waals surface area contributed by atoms with E-state index in [1.54, 1.807) is 0 Å². The minimum Gasteiger partial charge on any atom is -0.462 e. The van der Waals surface area contributed by atoms with Crippen molar-refractivity contribution in [3.05, 3.63) is 0 Å². The molecule has 168 valence electrons. The molecule has 6 nitrogen and oxygen atoms in total. The van der Waals surface area contributed by atoms with Crippen LogP contribution < -0.4 is 0 Å². The Morgan fingerprint density at radius 2 is 1.97 bits per heavy atom. The van der Waals surface area contributed by atoms with Gasteiger partial charge in [0.05, 0.1) is 11.3 Å². The first kappa shape index (κ1) is 20.7. The summed E-state index contributed by atoms with van der Waals surface area (Å²) in [6.45, 7) is 9.04. The second kappa shape index (κ2) is 6.68. The zero-order valence-corrected chi connectivity index (χ0v) is 18.7. The number of carbonyl (C=O) groups is 2. The van der Waals surface area contributed by atoms with Gasteiger partial charge in [0.25, 0.3) is 0 Å². The van der Waals surface area contributed by atoms with Crippen molar-refractivity contribution in [2.45, 2.75) is 97.7 Å². The lowest BCUT2D eigenvalue weighted by Gasteiger charge is -2.67. The molecule has 5 fully saturated rings. The molecule has 5 rings (SSSR count). The van der Waals surface area contributed by atoms with Crippen LogP contribution in [0.25, 0.3) is 0 Å². The number of aliphatic hydroxyl groups excluding tert-OH is 1. The number of hydrogen-bond donors (Lipinski definition) is 1. The van der Waals surface area contributed by atoms with Crippen LogP contribution in [0, 0.1) is 39.9 Å². The van der Waals surface area contributed by atoms with Gasteiger partial charge in [-0.1, -0.05) is 34.1 Å². The van der Waals surface area contributed by atoms with E-state index in [9.17, 15) is 14.7 Å². The fourth-order valence-electron chi connectivity index (χ4n) is 8.68. The molecule has 1 spiro atoms. The van der Waals surface area contributed by atoms with E-state index in [-0.39, 0.29) is 40.5 Å². The standard InChI is InChI=1S/C24H36O6/c1-5-7-17(25)28-16-12-15-22(2,3)10-6-11-23(15,4)14-9-8-13-18-20(29-19(13)26)30-21(27)24(14,16)18/h13-16,18,20-21,27H,5-12H2,1-4H3/t13-,14?,15?,16-,18+,20?,21-,23-,24-/m1/s1. The second-order valence-corrected chi connectivity index (χ2v) is 11.4. The first-order chi connectivity index (χ1) is 14.2. The van der Waals surface area contributed by atoms with Crippen molar-refractivity contribution in [3.8, 4) is 0 Å². The van der Waals surface area contributed by atoms with Crippen molar-refractivity contribution in [2.24, 2.45) is 39.9 Å². The van der Waals surface area contributed by atoms with Crippen molar-refractivity contribution < 1.29 is 28.9 Å². The zero-order valence-electron chi connectivity index (χ0n) is 18.7. The molecule has 0 radical (unpaired) electrons. The van der Waals surface area contributed by atoms with Gasteiger partial charge in [0.15, 0.2) is 6.29 Å². The van der Waals surface area contributed by atoms with Gasteiger partial charge in [-0.25, -0.2) is 0 Å². The van der Waals surface area contributed by atoms with E-state index in [4.69, 9.17) is 14.2 Å². The Labute approximate surface area is 179 Å². The molecule has 3 saturated carbocycles. The fraction of sp³-hybridized carbons (Fsp3) is 0.917. The zero-order chi connectivity index (χ0) is 21.5. The van der Waals surface area contributed by atoms with E-state index in [1.165, 1.54) is 0 Å². The molecule has 2 aliphatic heterocycles.